The molecule has 80 valence electrons. The van der Waals surface area contributed by atoms with Crippen LogP contribution in [0.3, 0.4) is 0 Å². The summed E-state index contributed by atoms with van der Waals surface area (Å²) in [4.78, 5) is 2.82. The second-order valence-corrected chi connectivity index (χ2v) is 2.27. The number of nitrogens with zero attached hydrogens (tertiary/aromatic N) is 2. The maximum Gasteiger partial charge on any atom is 0.574 e. The molecule has 1 aromatic heterocycles. The van der Waals surface area contributed by atoms with E-state index in [1.165, 1.54) is 6.07 Å². The van der Waals surface area contributed by atoms with Crippen LogP contribution in [0.1, 0.15) is 5.69 Å². The van der Waals surface area contributed by atoms with Gasteiger partial charge in [0.05, 0.1) is 0 Å². The normalized spacial score (nSPS) is 10.9. The van der Waals surface area contributed by atoms with E-state index in [1.54, 1.807) is 0 Å². The van der Waals surface area contributed by atoms with E-state index < -0.39 is 29.6 Å². The zero-order chi connectivity index (χ0) is 11.6. The first-order valence-electron chi connectivity index (χ1n) is 3.35. The molecular formula is C7HF5N2O. The fraction of sp³-hybridized carbons (Fsp3) is 0.143. The van der Waals surface area contributed by atoms with Crippen LogP contribution in [0.5, 0.6) is 5.88 Å². The van der Waals surface area contributed by atoms with E-state index in [9.17, 15) is 22.0 Å². The van der Waals surface area contributed by atoms with Crippen molar-refractivity contribution >= 4 is 0 Å². The van der Waals surface area contributed by atoms with Crippen LogP contribution >= 0.6 is 0 Å². The van der Waals surface area contributed by atoms with Crippen LogP contribution in [-0.4, -0.2) is 11.3 Å². The van der Waals surface area contributed by atoms with Crippen LogP contribution in [-0.2, 0) is 0 Å². The molecule has 1 aromatic rings. The summed E-state index contributed by atoms with van der Waals surface area (Å²) in [6.07, 6.45) is -5.20. The topological polar surface area (TPSA) is 45.9 Å². The van der Waals surface area contributed by atoms with Crippen molar-refractivity contribution < 1.29 is 26.7 Å². The fourth-order valence-electron chi connectivity index (χ4n) is 0.711. The van der Waals surface area contributed by atoms with Gasteiger partial charge in [0.25, 0.3) is 5.88 Å². The van der Waals surface area contributed by atoms with Gasteiger partial charge in [-0.2, -0.15) is 14.6 Å². The van der Waals surface area contributed by atoms with Gasteiger partial charge in [-0.15, -0.1) is 13.2 Å². The molecule has 3 nitrogen and oxygen atoms in total. The molecule has 1 rings (SSSR count). The van der Waals surface area contributed by atoms with Crippen molar-refractivity contribution in [3.05, 3.63) is 23.4 Å². The molecule has 0 aliphatic heterocycles. The van der Waals surface area contributed by atoms with Crippen molar-refractivity contribution in [2.45, 2.75) is 6.36 Å². The summed E-state index contributed by atoms with van der Waals surface area (Å²) in [6, 6.07) is 1.62. The maximum atomic E-state index is 12.7. The molecule has 0 aliphatic rings. The lowest BCUT2D eigenvalue weighted by atomic mass is 10.3. The Hall–Kier alpha value is -1.91. The lowest BCUT2D eigenvalue weighted by Crippen LogP contribution is -2.19. The van der Waals surface area contributed by atoms with Crippen molar-refractivity contribution in [2.75, 3.05) is 0 Å². The lowest BCUT2D eigenvalue weighted by Gasteiger charge is -2.08. The van der Waals surface area contributed by atoms with Crippen LogP contribution in [0, 0.1) is 23.0 Å². The van der Waals surface area contributed by atoms with Crippen LogP contribution in [0.25, 0.3) is 0 Å². The number of hydrogen-bond acceptors (Lipinski definition) is 3. The number of pyridine rings is 1. The van der Waals surface area contributed by atoms with E-state index in [2.05, 4.69) is 9.72 Å². The fourth-order valence-corrected chi connectivity index (χ4v) is 0.711. The van der Waals surface area contributed by atoms with E-state index in [0.29, 0.717) is 6.07 Å². The van der Waals surface area contributed by atoms with Crippen molar-refractivity contribution in [1.82, 2.24) is 4.98 Å². The van der Waals surface area contributed by atoms with Crippen LogP contribution in [0.15, 0.2) is 6.07 Å². The van der Waals surface area contributed by atoms with Gasteiger partial charge < -0.3 is 4.74 Å². The van der Waals surface area contributed by atoms with Crippen molar-refractivity contribution in [1.29, 1.82) is 5.26 Å². The Bertz CT molecular complexity index is 423. The third kappa shape index (κ3) is 2.77. The third-order valence-electron chi connectivity index (χ3n) is 1.21. The monoisotopic (exact) mass is 224 g/mol. The molecule has 15 heavy (non-hydrogen) atoms. The smallest absolute Gasteiger partial charge is 0.384 e. The van der Waals surface area contributed by atoms with Crippen LogP contribution < -0.4 is 4.74 Å². The molecule has 0 amide bonds. The van der Waals surface area contributed by atoms with Crippen LogP contribution in [0.2, 0.25) is 0 Å². The van der Waals surface area contributed by atoms with E-state index in [1.807, 2.05) is 0 Å². The van der Waals surface area contributed by atoms with Gasteiger partial charge in [0.1, 0.15) is 11.8 Å². The number of halogens is 5. The summed E-state index contributed by atoms with van der Waals surface area (Å²) in [5, 5.41) is 8.24. The Labute approximate surface area is 79.7 Å². The molecule has 0 aromatic carbocycles. The average molecular weight is 224 g/mol. The quantitative estimate of drug-likeness (QED) is 0.686. The summed E-state index contributed by atoms with van der Waals surface area (Å²) >= 11 is 0. The standard InChI is InChI=1S/C7HF5N2O/c8-4-1-3(2-13)14-6(5(4)9)15-7(10,11)12/h1H. The number of alkyl halides is 3. The van der Waals surface area contributed by atoms with Gasteiger partial charge in [0.15, 0.2) is 5.82 Å². The first kappa shape index (κ1) is 11.2. The molecule has 0 fully saturated rings. The van der Waals surface area contributed by atoms with Gasteiger partial charge in [0, 0.05) is 6.07 Å². The van der Waals surface area contributed by atoms with Gasteiger partial charge >= 0.3 is 6.36 Å². The summed E-state index contributed by atoms with van der Waals surface area (Å²) in [5.74, 6) is -5.15. The molecular weight excluding hydrogens is 223 g/mol. The Morgan fingerprint density at radius 1 is 1.33 bits per heavy atom. The molecule has 0 saturated carbocycles. The predicted molar refractivity (Wildman–Crippen MR) is 35.6 cm³/mol. The second kappa shape index (κ2) is 3.68. The molecule has 0 atom stereocenters. The molecule has 8 heteroatoms. The number of rotatable bonds is 1. The second-order valence-electron chi connectivity index (χ2n) is 2.27. The highest BCUT2D eigenvalue weighted by molar-refractivity contribution is 5.27. The van der Waals surface area contributed by atoms with Gasteiger partial charge in [-0.3, -0.25) is 0 Å². The van der Waals surface area contributed by atoms with Gasteiger partial charge in [-0.1, -0.05) is 0 Å². The van der Waals surface area contributed by atoms with E-state index in [4.69, 9.17) is 5.26 Å². The molecule has 0 N–H and O–H groups in total. The minimum Gasteiger partial charge on any atom is -0.384 e. The van der Waals surface area contributed by atoms with Gasteiger partial charge in [-0.05, 0) is 0 Å². The molecule has 0 unspecified atom stereocenters. The van der Waals surface area contributed by atoms with Crippen molar-refractivity contribution in [3.63, 3.8) is 0 Å². The van der Waals surface area contributed by atoms with E-state index in [-0.39, 0.29) is 0 Å². The maximum absolute atomic E-state index is 12.7. The summed E-state index contributed by atoms with van der Waals surface area (Å²) < 4.78 is 63.3. The minimum atomic E-state index is -5.20. The van der Waals surface area contributed by atoms with Crippen molar-refractivity contribution in [3.8, 4) is 11.9 Å². The Morgan fingerprint density at radius 3 is 2.40 bits per heavy atom. The van der Waals surface area contributed by atoms with Gasteiger partial charge in [0.2, 0.25) is 5.82 Å². The van der Waals surface area contributed by atoms with Gasteiger partial charge in [-0.25, -0.2) is 4.39 Å². The van der Waals surface area contributed by atoms with Crippen LogP contribution in [0.4, 0.5) is 22.0 Å². The molecule has 1 heterocycles. The zero-order valence-electron chi connectivity index (χ0n) is 6.77. The molecule has 0 spiro atoms. The lowest BCUT2D eigenvalue weighted by molar-refractivity contribution is -0.277. The SMILES string of the molecule is N#Cc1cc(F)c(F)c(OC(F)(F)F)n1. The minimum absolute atomic E-state index is 0.360. The summed E-state index contributed by atoms with van der Waals surface area (Å²) in [7, 11) is 0. The first-order chi connectivity index (χ1) is 6.83. The summed E-state index contributed by atoms with van der Waals surface area (Å²) in [6.45, 7) is 0. The highest BCUT2D eigenvalue weighted by Crippen LogP contribution is 2.25. The molecule has 0 saturated heterocycles. The largest absolute Gasteiger partial charge is 0.574 e. The molecule has 0 bridgehead atoms. The van der Waals surface area contributed by atoms with Crippen molar-refractivity contribution in [2.24, 2.45) is 0 Å². The predicted octanol–water partition coefficient (Wildman–Crippen LogP) is 2.13. The number of hydrogen-bond donors (Lipinski definition) is 0. The Balaban J connectivity index is 3.18. The van der Waals surface area contributed by atoms with E-state index >= 15 is 0 Å². The number of ether oxygens (including phenoxy) is 1. The number of aromatic nitrogens is 1. The Morgan fingerprint density at radius 2 is 1.93 bits per heavy atom. The number of nitriles is 1. The van der Waals surface area contributed by atoms with E-state index in [0.717, 1.165) is 0 Å². The highest BCUT2D eigenvalue weighted by atomic mass is 19.4. The highest BCUT2D eigenvalue weighted by Gasteiger charge is 2.34. The molecule has 0 aliphatic carbocycles. The summed E-state index contributed by atoms with van der Waals surface area (Å²) in [5.41, 5.74) is -0.715. The Kier molecular flexibility index (Phi) is 2.74. The first-order valence-corrected chi connectivity index (χ1v) is 3.35. The molecule has 0 radical (unpaired) electrons. The average Bonchev–Trinajstić information content (AvgIpc) is 2.10. The zero-order valence-corrected chi connectivity index (χ0v) is 6.77. The third-order valence-corrected chi connectivity index (χ3v) is 1.21.